The van der Waals surface area contributed by atoms with Crippen molar-refractivity contribution in [2.45, 2.75) is 83.0 Å². The summed E-state index contributed by atoms with van der Waals surface area (Å²) in [5, 5.41) is 23.4. The first kappa shape index (κ1) is 28.8. The van der Waals surface area contributed by atoms with E-state index in [0.29, 0.717) is 19.3 Å². The smallest absolute Gasteiger partial charge is 0.326 e. The normalized spacial score (nSPS) is 18.9. The van der Waals surface area contributed by atoms with Crippen LogP contribution in [0.4, 0.5) is 0 Å². The molecule has 0 saturated carbocycles. The second-order valence-electron chi connectivity index (χ2n) is 8.50. The summed E-state index contributed by atoms with van der Waals surface area (Å²) in [6.45, 7) is 3.77. The van der Waals surface area contributed by atoms with Gasteiger partial charge in [-0.2, -0.15) is 0 Å². The summed E-state index contributed by atoms with van der Waals surface area (Å²) in [4.78, 5) is 73.3. The van der Waals surface area contributed by atoms with E-state index in [2.05, 4.69) is 10.6 Å². The van der Waals surface area contributed by atoms with E-state index in [1.54, 1.807) is 13.8 Å². The number of primary amides is 1. The Morgan fingerprint density at radius 1 is 1.03 bits per heavy atom. The molecule has 5 unspecified atom stereocenters. The quantitative estimate of drug-likeness (QED) is 0.169. The van der Waals surface area contributed by atoms with E-state index >= 15 is 0 Å². The van der Waals surface area contributed by atoms with Crippen molar-refractivity contribution in [3.63, 3.8) is 0 Å². The van der Waals surface area contributed by atoms with Gasteiger partial charge in [0.1, 0.15) is 18.1 Å². The minimum Gasteiger partial charge on any atom is -0.481 e. The molecule has 1 rings (SSSR count). The Labute approximate surface area is 197 Å². The van der Waals surface area contributed by atoms with Crippen LogP contribution in [-0.4, -0.2) is 81.4 Å². The maximum Gasteiger partial charge on any atom is 0.326 e. The Kier molecular flexibility index (Phi) is 11.4. The van der Waals surface area contributed by atoms with Crippen LogP contribution in [-0.2, 0) is 28.8 Å². The van der Waals surface area contributed by atoms with Gasteiger partial charge in [-0.3, -0.25) is 24.0 Å². The van der Waals surface area contributed by atoms with E-state index < -0.39 is 66.2 Å². The molecule has 34 heavy (non-hydrogen) atoms. The molecule has 0 radical (unpaired) electrons. The second kappa shape index (κ2) is 13.5. The standard InChI is InChI=1S/C21H35N5O8/c1-3-11(2)17(20(32)26-10-4-5-14(26)21(33)34)25-19(31)13(7-9-16(28)29)24-18(30)12(22)6-8-15(23)27/h11-14,17H,3-10,22H2,1-2H3,(H2,23,27)(H,24,30)(H,25,31)(H,28,29)(H,33,34). The van der Waals surface area contributed by atoms with Crippen LogP contribution in [0.25, 0.3) is 0 Å². The largest absolute Gasteiger partial charge is 0.481 e. The summed E-state index contributed by atoms with van der Waals surface area (Å²) >= 11 is 0. The van der Waals surface area contributed by atoms with Crippen LogP contribution in [0.5, 0.6) is 0 Å². The molecule has 5 atom stereocenters. The van der Waals surface area contributed by atoms with Gasteiger partial charge in [-0.15, -0.1) is 0 Å². The van der Waals surface area contributed by atoms with E-state index in [9.17, 15) is 33.9 Å². The minimum atomic E-state index is -1.31. The van der Waals surface area contributed by atoms with Crippen molar-refractivity contribution in [2.24, 2.45) is 17.4 Å². The van der Waals surface area contributed by atoms with Gasteiger partial charge in [0, 0.05) is 19.4 Å². The Hall–Kier alpha value is -3.22. The van der Waals surface area contributed by atoms with E-state index in [-0.39, 0.29) is 31.7 Å². The summed E-state index contributed by atoms with van der Waals surface area (Å²) < 4.78 is 0. The number of aliphatic carboxylic acids is 2. The fourth-order valence-corrected chi connectivity index (χ4v) is 3.65. The van der Waals surface area contributed by atoms with E-state index in [1.165, 1.54) is 4.90 Å². The molecule has 0 aromatic rings. The molecule has 0 aliphatic carbocycles. The lowest BCUT2D eigenvalue weighted by Crippen LogP contribution is -2.58. The summed E-state index contributed by atoms with van der Waals surface area (Å²) in [5.41, 5.74) is 10.8. The molecule has 1 aliphatic rings. The van der Waals surface area contributed by atoms with Crippen LogP contribution in [0, 0.1) is 5.92 Å². The summed E-state index contributed by atoms with van der Waals surface area (Å²) in [6, 6.07) is -4.51. The number of carboxylic acids is 2. The lowest BCUT2D eigenvalue weighted by Gasteiger charge is -2.31. The van der Waals surface area contributed by atoms with Crippen LogP contribution in [0.1, 0.15) is 58.8 Å². The second-order valence-corrected chi connectivity index (χ2v) is 8.50. The number of hydrogen-bond donors (Lipinski definition) is 6. The first-order valence-corrected chi connectivity index (χ1v) is 11.3. The average Bonchev–Trinajstić information content (AvgIpc) is 3.27. The molecule has 0 spiro atoms. The highest BCUT2D eigenvalue weighted by atomic mass is 16.4. The molecule has 1 saturated heterocycles. The first-order chi connectivity index (χ1) is 15.9. The van der Waals surface area contributed by atoms with Crippen molar-refractivity contribution in [1.82, 2.24) is 15.5 Å². The average molecular weight is 486 g/mol. The van der Waals surface area contributed by atoms with Crippen molar-refractivity contribution >= 4 is 35.6 Å². The van der Waals surface area contributed by atoms with Gasteiger partial charge in [-0.05, 0) is 31.6 Å². The third kappa shape index (κ3) is 8.61. The van der Waals surface area contributed by atoms with Crippen LogP contribution in [0.3, 0.4) is 0 Å². The van der Waals surface area contributed by atoms with Gasteiger partial charge in [0.2, 0.25) is 23.6 Å². The van der Waals surface area contributed by atoms with Crippen LogP contribution < -0.4 is 22.1 Å². The predicted octanol–water partition coefficient (Wildman–Crippen LogP) is -1.46. The van der Waals surface area contributed by atoms with Crippen LogP contribution >= 0.6 is 0 Å². The van der Waals surface area contributed by atoms with Gasteiger partial charge in [-0.25, -0.2) is 4.79 Å². The van der Waals surface area contributed by atoms with Gasteiger partial charge < -0.3 is 37.2 Å². The van der Waals surface area contributed by atoms with Crippen molar-refractivity contribution in [2.75, 3.05) is 6.54 Å². The van der Waals surface area contributed by atoms with Gasteiger partial charge >= 0.3 is 11.9 Å². The van der Waals surface area contributed by atoms with Gasteiger partial charge in [-0.1, -0.05) is 20.3 Å². The van der Waals surface area contributed by atoms with Crippen LogP contribution in [0.15, 0.2) is 0 Å². The lowest BCUT2D eigenvalue weighted by molar-refractivity contribution is -0.150. The Morgan fingerprint density at radius 3 is 2.21 bits per heavy atom. The predicted molar refractivity (Wildman–Crippen MR) is 119 cm³/mol. The molecule has 0 bridgehead atoms. The molecule has 1 aliphatic heterocycles. The number of amides is 4. The zero-order chi connectivity index (χ0) is 26.0. The number of nitrogens with two attached hydrogens (primary N) is 2. The molecule has 8 N–H and O–H groups in total. The number of carbonyl (C=O) groups is 6. The number of likely N-dealkylation sites (tertiary alicyclic amines) is 1. The monoisotopic (exact) mass is 485 g/mol. The number of carboxylic acid groups (broad SMARTS) is 2. The Bertz CT molecular complexity index is 789. The fraction of sp³-hybridized carbons (Fsp3) is 0.714. The molecule has 1 heterocycles. The molecule has 0 aromatic heterocycles. The van der Waals surface area contributed by atoms with Crippen molar-refractivity contribution in [3.05, 3.63) is 0 Å². The lowest BCUT2D eigenvalue weighted by atomic mass is 9.96. The molecule has 1 fully saturated rings. The third-order valence-electron chi connectivity index (χ3n) is 5.92. The van der Waals surface area contributed by atoms with Gasteiger partial charge in [0.15, 0.2) is 0 Å². The summed E-state index contributed by atoms with van der Waals surface area (Å²) in [7, 11) is 0. The van der Waals surface area contributed by atoms with E-state index in [1.807, 2.05) is 0 Å². The van der Waals surface area contributed by atoms with E-state index in [4.69, 9.17) is 16.6 Å². The zero-order valence-corrected chi connectivity index (χ0v) is 19.5. The van der Waals surface area contributed by atoms with Gasteiger partial charge in [0.25, 0.3) is 0 Å². The van der Waals surface area contributed by atoms with Gasteiger partial charge in [0.05, 0.1) is 6.04 Å². The Balaban J connectivity index is 3.02. The summed E-state index contributed by atoms with van der Waals surface area (Å²) in [6.07, 6.45) is 0.404. The third-order valence-corrected chi connectivity index (χ3v) is 5.92. The molecule has 13 heteroatoms. The maximum absolute atomic E-state index is 13.2. The first-order valence-electron chi connectivity index (χ1n) is 11.3. The molecule has 4 amide bonds. The number of nitrogens with one attached hydrogen (secondary N) is 2. The SMILES string of the molecule is CCC(C)C(NC(=O)C(CCC(=O)O)NC(=O)C(N)CCC(N)=O)C(=O)N1CCCC1C(=O)O. The van der Waals surface area contributed by atoms with Crippen molar-refractivity contribution in [3.8, 4) is 0 Å². The number of rotatable bonds is 14. The molecule has 192 valence electrons. The summed E-state index contributed by atoms with van der Waals surface area (Å²) in [5.74, 6) is -5.45. The number of nitrogens with zero attached hydrogens (tertiary/aromatic N) is 1. The zero-order valence-electron chi connectivity index (χ0n) is 19.5. The molecular formula is C21H35N5O8. The Morgan fingerprint density at radius 2 is 1.68 bits per heavy atom. The highest BCUT2D eigenvalue weighted by molar-refractivity contribution is 5.94. The van der Waals surface area contributed by atoms with E-state index in [0.717, 1.165) is 0 Å². The van der Waals surface area contributed by atoms with Crippen LogP contribution in [0.2, 0.25) is 0 Å². The van der Waals surface area contributed by atoms with Crippen molar-refractivity contribution in [1.29, 1.82) is 0 Å². The minimum absolute atomic E-state index is 0.0616. The molecule has 0 aromatic carbocycles. The highest BCUT2D eigenvalue weighted by Crippen LogP contribution is 2.21. The maximum atomic E-state index is 13.2. The topological polar surface area (TPSA) is 222 Å². The fourth-order valence-electron chi connectivity index (χ4n) is 3.65. The van der Waals surface area contributed by atoms with Crippen molar-refractivity contribution < 1.29 is 39.0 Å². The molecular weight excluding hydrogens is 450 g/mol. The number of carbonyl (C=O) groups excluding carboxylic acids is 4. The number of hydrogen-bond acceptors (Lipinski definition) is 7. The highest BCUT2D eigenvalue weighted by Gasteiger charge is 2.40. The molecule has 13 nitrogen and oxygen atoms in total.